The van der Waals surface area contributed by atoms with Crippen molar-refractivity contribution in [2.45, 2.75) is 26.2 Å². The summed E-state index contributed by atoms with van der Waals surface area (Å²) in [5.74, 6) is 0.863. The van der Waals surface area contributed by atoms with Crippen molar-refractivity contribution >= 4 is 0 Å². The fraction of sp³-hybridized carbons (Fsp3) is 0.375. The number of nitrogens with zero attached hydrogens (tertiary/aromatic N) is 3. The van der Waals surface area contributed by atoms with Crippen LogP contribution in [0.2, 0.25) is 0 Å². The van der Waals surface area contributed by atoms with Crippen molar-refractivity contribution in [2.24, 2.45) is 7.05 Å². The molecular formula is C16H19N3O. The average molecular weight is 269 g/mol. The summed E-state index contributed by atoms with van der Waals surface area (Å²) in [6.07, 6.45) is 1.66. The zero-order valence-corrected chi connectivity index (χ0v) is 12.6. The Labute approximate surface area is 119 Å². The monoisotopic (exact) mass is 269 g/mol. The maximum absolute atomic E-state index is 9.17. The Morgan fingerprint density at radius 2 is 2.00 bits per heavy atom. The highest BCUT2D eigenvalue weighted by Gasteiger charge is 2.21. The van der Waals surface area contributed by atoms with Gasteiger partial charge in [0.1, 0.15) is 11.8 Å². The second kappa shape index (κ2) is 5.01. The van der Waals surface area contributed by atoms with Crippen molar-refractivity contribution < 1.29 is 4.74 Å². The molecule has 0 N–H and O–H groups in total. The molecule has 0 saturated carbocycles. The van der Waals surface area contributed by atoms with Crippen molar-refractivity contribution in [3.05, 3.63) is 35.8 Å². The summed E-state index contributed by atoms with van der Waals surface area (Å²) >= 11 is 0. The van der Waals surface area contributed by atoms with Crippen molar-refractivity contribution in [3.63, 3.8) is 0 Å². The zero-order chi connectivity index (χ0) is 14.9. The minimum absolute atomic E-state index is 0.0350. The van der Waals surface area contributed by atoms with E-state index in [9.17, 15) is 5.26 Å². The number of hydrogen-bond donors (Lipinski definition) is 0. The van der Waals surface area contributed by atoms with Gasteiger partial charge in [0.2, 0.25) is 0 Å². The van der Waals surface area contributed by atoms with E-state index in [4.69, 9.17) is 4.74 Å². The first-order valence-electron chi connectivity index (χ1n) is 6.48. The van der Waals surface area contributed by atoms with Crippen molar-refractivity contribution in [2.75, 3.05) is 7.11 Å². The van der Waals surface area contributed by atoms with E-state index in [-0.39, 0.29) is 5.41 Å². The Balaban J connectivity index is 2.66. The van der Waals surface area contributed by atoms with Crippen LogP contribution in [0.3, 0.4) is 0 Å². The number of aromatic nitrogens is 2. The van der Waals surface area contributed by atoms with Crippen LogP contribution in [-0.2, 0) is 12.5 Å². The van der Waals surface area contributed by atoms with Gasteiger partial charge in [0.05, 0.1) is 19.1 Å². The summed E-state index contributed by atoms with van der Waals surface area (Å²) in [6, 6.07) is 8.13. The van der Waals surface area contributed by atoms with Crippen LogP contribution in [0.4, 0.5) is 0 Å². The first-order chi connectivity index (χ1) is 9.38. The Morgan fingerprint density at radius 3 is 2.55 bits per heavy atom. The highest BCUT2D eigenvalue weighted by atomic mass is 16.5. The minimum Gasteiger partial charge on any atom is -0.496 e. The van der Waals surface area contributed by atoms with E-state index in [2.05, 4.69) is 37.9 Å². The van der Waals surface area contributed by atoms with E-state index in [1.807, 2.05) is 23.7 Å². The van der Waals surface area contributed by atoms with Crippen LogP contribution in [-0.4, -0.2) is 16.7 Å². The molecule has 0 radical (unpaired) electrons. The topological polar surface area (TPSA) is 50.8 Å². The third-order valence-corrected chi connectivity index (χ3v) is 3.32. The fourth-order valence-corrected chi connectivity index (χ4v) is 2.29. The molecule has 0 atom stereocenters. The molecule has 0 spiro atoms. The molecule has 1 heterocycles. The van der Waals surface area contributed by atoms with Gasteiger partial charge >= 0.3 is 0 Å². The number of hydrogen-bond acceptors (Lipinski definition) is 3. The summed E-state index contributed by atoms with van der Waals surface area (Å²) in [4.78, 5) is 4.12. The van der Waals surface area contributed by atoms with Crippen LogP contribution >= 0.6 is 0 Å². The Morgan fingerprint density at radius 1 is 1.30 bits per heavy atom. The third kappa shape index (κ3) is 2.39. The van der Waals surface area contributed by atoms with Gasteiger partial charge in [0, 0.05) is 18.2 Å². The maximum atomic E-state index is 9.17. The van der Waals surface area contributed by atoms with Crippen molar-refractivity contribution in [1.29, 1.82) is 5.26 Å². The standard InChI is InChI=1S/C16H19N3O/c1-16(2,3)12-8-11(6-7-14(12)20-5)15-13(9-17)18-10-19(15)4/h6-8,10H,1-5H3. The van der Waals surface area contributed by atoms with Gasteiger partial charge in [-0.3, -0.25) is 0 Å². The molecule has 0 aliphatic heterocycles. The second-order valence-corrected chi connectivity index (χ2v) is 5.83. The lowest BCUT2D eigenvalue weighted by molar-refractivity contribution is 0.397. The van der Waals surface area contributed by atoms with Gasteiger partial charge in [-0.15, -0.1) is 0 Å². The summed E-state index contributed by atoms with van der Waals surface area (Å²) in [6.45, 7) is 6.43. The zero-order valence-electron chi connectivity index (χ0n) is 12.6. The van der Waals surface area contributed by atoms with Gasteiger partial charge in [-0.1, -0.05) is 20.8 Å². The quantitative estimate of drug-likeness (QED) is 0.840. The molecule has 0 unspecified atom stereocenters. The number of ether oxygens (including phenoxy) is 1. The number of aryl methyl sites for hydroxylation is 1. The van der Waals surface area contributed by atoms with Crippen molar-refractivity contribution in [1.82, 2.24) is 9.55 Å². The fourth-order valence-electron chi connectivity index (χ4n) is 2.29. The number of methoxy groups -OCH3 is 1. The van der Waals surface area contributed by atoms with Gasteiger partial charge < -0.3 is 9.30 Å². The Hall–Kier alpha value is -2.28. The average Bonchev–Trinajstić information content (AvgIpc) is 2.78. The molecule has 4 heteroatoms. The van der Waals surface area contributed by atoms with E-state index >= 15 is 0 Å². The van der Waals surface area contributed by atoms with Gasteiger partial charge in [0.15, 0.2) is 5.69 Å². The van der Waals surface area contributed by atoms with Gasteiger partial charge in [-0.2, -0.15) is 5.26 Å². The van der Waals surface area contributed by atoms with E-state index in [1.54, 1.807) is 13.4 Å². The molecule has 1 aromatic carbocycles. The third-order valence-electron chi connectivity index (χ3n) is 3.32. The lowest BCUT2D eigenvalue weighted by atomic mass is 9.85. The number of benzene rings is 1. The molecule has 0 aliphatic carbocycles. The van der Waals surface area contributed by atoms with Crippen LogP contribution in [0.5, 0.6) is 5.75 Å². The molecule has 0 saturated heterocycles. The van der Waals surface area contributed by atoms with E-state index in [0.717, 1.165) is 22.6 Å². The SMILES string of the molecule is COc1ccc(-c2c(C#N)ncn2C)cc1C(C)(C)C. The molecule has 104 valence electrons. The summed E-state index contributed by atoms with van der Waals surface area (Å²) in [5.41, 5.74) is 3.33. The molecule has 0 amide bonds. The predicted molar refractivity (Wildman–Crippen MR) is 78.6 cm³/mol. The smallest absolute Gasteiger partial charge is 0.166 e. The lowest BCUT2D eigenvalue weighted by Crippen LogP contribution is -2.13. The molecule has 4 nitrogen and oxygen atoms in total. The van der Waals surface area contributed by atoms with Gasteiger partial charge in [0.25, 0.3) is 0 Å². The highest BCUT2D eigenvalue weighted by molar-refractivity contribution is 5.68. The van der Waals surface area contributed by atoms with Gasteiger partial charge in [-0.05, 0) is 23.6 Å². The van der Waals surface area contributed by atoms with E-state index < -0.39 is 0 Å². The van der Waals surface area contributed by atoms with Crippen LogP contribution in [0, 0.1) is 11.3 Å². The predicted octanol–water partition coefficient (Wildman–Crippen LogP) is 3.26. The van der Waals surface area contributed by atoms with Gasteiger partial charge in [-0.25, -0.2) is 4.98 Å². The van der Waals surface area contributed by atoms with Crippen LogP contribution in [0.15, 0.2) is 24.5 Å². The first kappa shape index (κ1) is 14.1. The van der Waals surface area contributed by atoms with Crippen LogP contribution in [0.1, 0.15) is 32.0 Å². The lowest BCUT2D eigenvalue weighted by Gasteiger charge is -2.23. The second-order valence-electron chi connectivity index (χ2n) is 5.83. The van der Waals surface area contributed by atoms with Crippen LogP contribution < -0.4 is 4.74 Å². The minimum atomic E-state index is -0.0350. The number of nitriles is 1. The first-order valence-corrected chi connectivity index (χ1v) is 6.48. The highest BCUT2D eigenvalue weighted by Crippen LogP contribution is 2.35. The van der Waals surface area contributed by atoms with Crippen LogP contribution in [0.25, 0.3) is 11.3 Å². The number of rotatable bonds is 2. The van der Waals surface area contributed by atoms with Crippen molar-refractivity contribution in [3.8, 4) is 23.1 Å². The molecule has 20 heavy (non-hydrogen) atoms. The van der Waals surface area contributed by atoms with E-state index in [1.165, 1.54) is 0 Å². The molecule has 1 aromatic heterocycles. The molecule has 0 aliphatic rings. The largest absolute Gasteiger partial charge is 0.496 e. The summed E-state index contributed by atoms with van der Waals surface area (Å²) in [7, 11) is 3.57. The molecule has 2 aromatic rings. The molecule has 2 rings (SSSR count). The normalized spacial score (nSPS) is 11.2. The summed E-state index contributed by atoms with van der Waals surface area (Å²) < 4.78 is 7.31. The van der Waals surface area contributed by atoms with E-state index in [0.29, 0.717) is 5.69 Å². The maximum Gasteiger partial charge on any atom is 0.166 e. The number of imidazole rings is 1. The Kier molecular flexibility index (Phi) is 3.54. The molecular weight excluding hydrogens is 250 g/mol. The Bertz CT molecular complexity index is 672. The summed E-state index contributed by atoms with van der Waals surface area (Å²) in [5, 5.41) is 9.17. The molecule has 0 bridgehead atoms. The molecule has 0 fully saturated rings.